The second kappa shape index (κ2) is 10.7. The predicted molar refractivity (Wildman–Crippen MR) is 128 cm³/mol. The zero-order valence-electron chi connectivity index (χ0n) is 20.5. The first-order chi connectivity index (χ1) is 17.6. The van der Waals surface area contributed by atoms with E-state index in [-0.39, 0.29) is 29.3 Å². The van der Waals surface area contributed by atoms with Crippen LogP contribution in [0.3, 0.4) is 0 Å². The van der Waals surface area contributed by atoms with E-state index in [0.717, 1.165) is 12.8 Å². The van der Waals surface area contributed by atoms with Gasteiger partial charge in [0.2, 0.25) is 5.91 Å². The van der Waals surface area contributed by atoms with Gasteiger partial charge >= 0.3 is 6.18 Å². The Kier molecular flexibility index (Phi) is 7.57. The molecule has 198 valence electrons. The lowest BCUT2D eigenvalue weighted by Crippen LogP contribution is -2.42. The highest BCUT2D eigenvalue weighted by molar-refractivity contribution is 5.97. The number of aromatic nitrogens is 5. The minimum Gasteiger partial charge on any atom is -0.383 e. The number of aromatic amines is 1. The van der Waals surface area contributed by atoms with E-state index in [1.165, 1.54) is 19.3 Å². The summed E-state index contributed by atoms with van der Waals surface area (Å²) < 4.78 is 42.9. The Hall–Kier alpha value is -3.81. The van der Waals surface area contributed by atoms with Gasteiger partial charge in [0, 0.05) is 31.5 Å². The lowest BCUT2D eigenvalue weighted by Gasteiger charge is -2.24. The van der Waals surface area contributed by atoms with Gasteiger partial charge in [0.1, 0.15) is 36.1 Å². The molecule has 3 aromatic heterocycles. The van der Waals surface area contributed by atoms with Gasteiger partial charge in [-0.15, -0.1) is 0 Å². The van der Waals surface area contributed by atoms with Crippen molar-refractivity contribution in [3.05, 3.63) is 30.0 Å². The number of nitrogens with one attached hydrogen (secondary N) is 3. The summed E-state index contributed by atoms with van der Waals surface area (Å²) in [6, 6.07) is 0.206. The van der Waals surface area contributed by atoms with Crippen LogP contribution in [0.5, 0.6) is 0 Å². The van der Waals surface area contributed by atoms with Crippen LogP contribution >= 0.6 is 0 Å². The van der Waals surface area contributed by atoms with Crippen LogP contribution < -0.4 is 10.6 Å². The smallest absolute Gasteiger partial charge is 0.383 e. The Bertz CT molecular complexity index is 1300. The molecule has 1 saturated heterocycles. The molecule has 0 aromatic carbocycles. The molecule has 1 fully saturated rings. The summed E-state index contributed by atoms with van der Waals surface area (Å²) >= 11 is 0. The maximum Gasteiger partial charge on any atom is 0.405 e. The molecule has 1 aliphatic rings. The van der Waals surface area contributed by atoms with E-state index in [0.29, 0.717) is 35.4 Å². The fourth-order valence-electron chi connectivity index (χ4n) is 4.29. The quantitative estimate of drug-likeness (QED) is 0.412. The van der Waals surface area contributed by atoms with E-state index in [2.05, 4.69) is 30.2 Å². The van der Waals surface area contributed by atoms with Crippen LogP contribution in [0.2, 0.25) is 0 Å². The van der Waals surface area contributed by atoms with Gasteiger partial charge in [-0.2, -0.15) is 13.2 Å². The molecule has 0 saturated carbocycles. The van der Waals surface area contributed by atoms with Crippen LogP contribution in [-0.2, 0) is 9.53 Å². The number of hydrogen-bond acceptors (Lipinski definition) is 8. The Balaban J connectivity index is 1.70. The minimum atomic E-state index is -4.54. The number of H-pyrrole nitrogens is 1. The van der Waals surface area contributed by atoms with Crippen molar-refractivity contribution < 1.29 is 27.5 Å². The fraction of sp³-hybridized carbons (Fsp3) is 0.478. The Morgan fingerprint density at radius 1 is 1.30 bits per heavy atom. The monoisotopic (exact) mass is 520 g/mol. The number of methoxy groups -OCH3 is 1. The molecule has 0 spiro atoms. The zero-order valence-corrected chi connectivity index (χ0v) is 20.5. The van der Waals surface area contributed by atoms with Crippen LogP contribution in [0.25, 0.3) is 22.4 Å². The van der Waals surface area contributed by atoms with Gasteiger partial charge in [-0.05, 0) is 26.7 Å². The van der Waals surface area contributed by atoms with E-state index >= 15 is 0 Å². The first-order valence-electron chi connectivity index (χ1n) is 11.7. The van der Waals surface area contributed by atoms with Crippen LogP contribution in [0.1, 0.15) is 35.9 Å². The fourth-order valence-corrected chi connectivity index (χ4v) is 4.29. The largest absolute Gasteiger partial charge is 0.405 e. The number of carbonyl (C=O) groups excluding carboxylic acids is 2. The van der Waals surface area contributed by atoms with Crippen molar-refractivity contribution in [2.45, 2.75) is 44.9 Å². The molecule has 0 unspecified atom stereocenters. The van der Waals surface area contributed by atoms with Gasteiger partial charge in [-0.1, -0.05) is 0 Å². The third-order valence-electron chi connectivity index (χ3n) is 6.06. The van der Waals surface area contributed by atoms with E-state index in [9.17, 15) is 22.8 Å². The highest BCUT2D eigenvalue weighted by atomic mass is 19.4. The van der Waals surface area contributed by atoms with E-state index < -0.39 is 24.7 Å². The highest BCUT2D eigenvalue weighted by Crippen LogP contribution is 2.29. The third-order valence-corrected chi connectivity index (χ3v) is 6.06. The topological polar surface area (TPSA) is 138 Å². The van der Waals surface area contributed by atoms with Crippen LogP contribution in [0.4, 0.5) is 19.0 Å². The molecule has 0 aliphatic carbocycles. The number of nitrogens with zero attached hydrogens (tertiary/aromatic N) is 5. The number of anilines is 1. The minimum absolute atomic E-state index is 0.0715. The number of alkyl halides is 3. The molecule has 37 heavy (non-hydrogen) atoms. The Morgan fingerprint density at radius 2 is 2.08 bits per heavy atom. The molecule has 11 nitrogen and oxygen atoms in total. The summed E-state index contributed by atoms with van der Waals surface area (Å²) in [5, 5.41) is 5.30. The van der Waals surface area contributed by atoms with Crippen molar-refractivity contribution in [3.8, 4) is 11.4 Å². The number of halogens is 3. The maximum absolute atomic E-state index is 13.5. The molecular weight excluding hydrogens is 493 g/mol. The Morgan fingerprint density at radius 3 is 2.81 bits per heavy atom. The lowest BCUT2D eigenvalue weighted by molar-refractivity contribution is -0.138. The average Bonchev–Trinajstić information content (AvgIpc) is 3.49. The number of aryl methyl sites for hydroxylation is 1. The van der Waals surface area contributed by atoms with Crippen molar-refractivity contribution in [1.82, 2.24) is 35.1 Å². The molecule has 0 bridgehead atoms. The van der Waals surface area contributed by atoms with Gasteiger partial charge in [-0.3, -0.25) is 9.59 Å². The molecule has 1 aliphatic heterocycles. The number of hydrogen-bond donors (Lipinski definition) is 3. The number of likely N-dealkylation sites (tertiary alicyclic amines) is 1. The van der Waals surface area contributed by atoms with Crippen LogP contribution in [-0.4, -0.2) is 86.7 Å². The number of fused-ring (bicyclic) bond motifs is 1. The summed E-state index contributed by atoms with van der Waals surface area (Å²) in [4.78, 5) is 47.8. The second-order valence-electron chi connectivity index (χ2n) is 8.80. The second-order valence-corrected chi connectivity index (χ2v) is 8.80. The van der Waals surface area contributed by atoms with E-state index in [4.69, 9.17) is 4.74 Å². The van der Waals surface area contributed by atoms with Crippen LogP contribution in [0, 0.1) is 6.92 Å². The number of rotatable bonds is 8. The SMILES string of the molecule is COC[C@H]1CCCN1C(=O)c1cc(N[C@@H](C)C(=O)NCC(F)(F)F)nc(-c2c[nH]c3ncnc(C)c23)n1. The van der Waals surface area contributed by atoms with Crippen LogP contribution in [0.15, 0.2) is 18.6 Å². The van der Waals surface area contributed by atoms with Gasteiger partial charge in [0.05, 0.1) is 23.7 Å². The molecule has 2 amide bonds. The molecule has 3 aromatic rings. The standard InChI is InChI=1S/C23H27F3N8O3/c1-12-18-15(8-27-20(18)30-11-29-12)19-32-16(22(36)34-6-4-5-14(34)9-37-3)7-17(33-19)31-13(2)21(35)28-10-23(24,25)26/h7-8,11,13-14H,4-6,9-10H2,1-3H3,(H,28,35)(H,27,29,30)(H,31,32,33)/t13-,14+/m0/s1. The van der Waals surface area contributed by atoms with Crippen molar-refractivity contribution in [2.75, 3.05) is 32.1 Å². The summed E-state index contributed by atoms with van der Waals surface area (Å²) in [6.07, 6.45) is 0.121. The number of amides is 2. The molecule has 14 heteroatoms. The molecule has 4 heterocycles. The third kappa shape index (κ3) is 5.96. The van der Waals surface area contributed by atoms with Crippen molar-refractivity contribution >= 4 is 28.7 Å². The Labute approximate surface area is 210 Å². The molecule has 4 rings (SSSR count). The van der Waals surface area contributed by atoms with Crippen molar-refractivity contribution in [2.24, 2.45) is 0 Å². The first kappa shape index (κ1) is 26.3. The summed E-state index contributed by atoms with van der Waals surface area (Å²) in [5.74, 6) is -0.938. The maximum atomic E-state index is 13.5. The average molecular weight is 521 g/mol. The summed E-state index contributed by atoms with van der Waals surface area (Å²) in [7, 11) is 1.57. The normalized spacial score (nSPS) is 16.7. The van der Waals surface area contributed by atoms with Gasteiger partial charge in [-0.25, -0.2) is 19.9 Å². The molecular formula is C23H27F3N8O3. The lowest BCUT2D eigenvalue weighted by atomic mass is 10.1. The van der Waals surface area contributed by atoms with Crippen molar-refractivity contribution in [3.63, 3.8) is 0 Å². The van der Waals surface area contributed by atoms with Gasteiger partial charge < -0.3 is 25.3 Å². The summed E-state index contributed by atoms with van der Waals surface area (Å²) in [5.41, 5.74) is 1.82. The van der Waals surface area contributed by atoms with E-state index in [1.54, 1.807) is 25.1 Å². The van der Waals surface area contributed by atoms with Gasteiger partial charge in [0.15, 0.2) is 5.82 Å². The van der Waals surface area contributed by atoms with Gasteiger partial charge in [0.25, 0.3) is 5.91 Å². The molecule has 0 radical (unpaired) electrons. The molecule has 2 atom stereocenters. The molecule has 3 N–H and O–H groups in total. The number of carbonyl (C=O) groups is 2. The summed E-state index contributed by atoms with van der Waals surface area (Å²) in [6.45, 7) is 2.65. The predicted octanol–water partition coefficient (Wildman–Crippen LogP) is 2.45. The van der Waals surface area contributed by atoms with Crippen molar-refractivity contribution in [1.29, 1.82) is 0 Å². The zero-order chi connectivity index (χ0) is 26.7. The number of ether oxygens (including phenoxy) is 1. The van der Waals surface area contributed by atoms with E-state index in [1.807, 2.05) is 5.32 Å². The first-order valence-corrected chi connectivity index (χ1v) is 11.7. The highest BCUT2D eigenvalue weighted by Gasteiger charge is 2.32.